The molecule has 0 unspecified atom stereocenters. The van der Waals surface area contributed by atoms with Crippen molar-refractivity contribution in [2.75, 3.05) is 51.7 Å². The molecule has 11 heteroatoms. The molecule has 1 N–H and O–H groups in total. The van der Waals surface area contributed by atoms with Crippen LogP contribution in [0.15, 0.2) is 40.6 Å². The summed E-state index contributed by atoms with van der Waals surface area (Å²) >= 11 is 1.07. The van der Waals surface area contributed by atoms with E-state index in [0.29, 0.717) is 62.0 Å². The molecule has 4 rings (SSSR count). The second-order valence-electron chi connectivity index (χ2n) is 8.02. The van der Waals surface area contributed by atoms with Gasteiger partial charge in [0.2, 0.25) is 0 Å². The lowest BCUT2D eigenvalue weighted by Gasteiger charge is -2.22. The fourth-order valence-electron chi connectivity index (χ4n) is 4.03. The minimum atomic E-state index is -3.50. The SMILES string of the molecule is COc1cccc(C(=O)N2CCCN(C(=O)Nc3ccc(S(=O)(=O)N4CCCC4)s3)CC2)c1. The number of hydrogen-bond acceptors (Lipinski definition) is 6. The number of carbonyl (C=O) groups is 2. The largest absolute Gasteiger partial charge is 0.497 e. The Morgan fingerprint density at radius 2 is 1.67 bits per heavy atom. The smallest absolute Gasteiger partial charge is 0.322 e. The minimum Gasteiger partial charge on any atom is -0.497 e. The Morgan fingerprint density at radius 3 is 2.42 bits per heavy atom. The molecular formula is C22H28N4O5S2. The zero-order valence-corrected chi connectivity index (χ0v) is 20.2. The molecule has 0 saturated carbocycles. The second kappa shape index (κ2) is 10.1. The van der Waals surface area contributed by atoms with Crippen LogP contribution >= 0.6 is 11.3 Å². The van der Waals surface area contributed by atoms with Gasteiger partial charge in [-0.1, -0.05) is 6.07 Å². The normalized spacial score (nSPS) is 17.6. The number of urea groups is 1. The Balaban J connectivity index is 1.35. The Bertz CT molecular complexity index is 1110. The minimum absolute atomic E-state index is 0.0915. The van der Waals surface area contributed by atoms with Gasteiger partial charge in [0, 0.05) is 44.8 Å². The van der Waals surface area contributed by atoms with E-state index in [-0.39, 0.29) is 16.1 Å². The molecule has 3 amide bonds. The van der Waals surface area contributed by atoms with Crippen molar-refractivity contribution in [1.82, 2.24) is 14.1 Å². The van der Waals surface area contributed by atoms with Gasteiger partial charge in [0.15, 0.2) is 0 Å². The number of hydrogen-bond donors (Lipinski definition) is 1. The number of nitrogens with zero attached hydrogens (tertiary/aromatic N) is 3. The van der Waals surface area contributed by atoms with Crippen LogP contribution < -0.4 is 10.1 Å². The number of benzene rings is 1. The van der Waals surface area contributed by atoms with E-state index in [4.69, 9.17) is 4.74 Å². The molecule has 0 bridgehead atoms. The van der Waals surface area contributed by atoms with Crippen molar-refractivity contribution in [2.45, 2.75) is 23.5 Å². The topological polar surface area (TPSA) is 99.3 Å². The summed E-state index contributed by atoms with van der Waals surface area (Å²) in [5.74, 6) is 0.532. The summed E-state index contributed by atoms with van der Waals surface area (Å²) in [5.41, 5.74) is 0.553. The average Bonchev–Trinajstić information content (AvgIpc) is 3.47. The lowest BCUT2D eigenvalue weighted by Crippen LogP contribution is -2.39. The maximum Gasteiger partial charge on any atom is 0.322 e. The summed E-state index contributed by atoms with van der Waals surface area (Å²) < 4.78 is 32.3. The first-order valence-corrected chi connectivity index (χ1v) is 13.2. The van der Waals surface area contributed by atoms with Crippen LogP contribution in [0.5, 0.6) is 5.75 Å². The molecule has 178 valence electrons. The molecule has 1 aromatic carbocycles. The number of methoxy groups -OCH3 is 1. The van der Waals surface area contributed by atoms with Gasteiger partial charge in [0.25, 0.3) is 15.9 Å². The lowest BCUT2D eigenvalue weighted by molar-refractivity contribution is 0.0762. The first-order chi connectivity index (χ1) is 15.9. The summed E-state index contributed by atoms with van der Waals surface area (Å²) in [4.78, 5) is 29.1. The van der Waals surface area contributed by atoms with E-state index < -0.39 is 10.0 Å². The summed E-state index contributed by atoms with van der Waals surface area (Å²) in [5, 5.41) is 3.31. The Morgan fingerprint density at radius 1 is 0.939 bits per heavy atom. The van der Waals surface area contributed by atoms with Crippen LogP contribution in [0.1, 0.15) is 29.6 Å². The fourth-order valence-corrected chi connectivity index (χ4v) is 6.90. The zero-order valence-electron chi connectivity index (χ0n) is 18.5. The molecule has 1 aromatic heterocycles. The van der Waals surface area contributed by atoms with Gasteiger partial charge < -0.3 is 14.5 Å². The molecule has 2 aromatic rings. The third kappa shape index (κ3) is 5.31. The molecule has 2 saturated heterocycles. The highest BCUT2D eigenvalue weighted by Crippen LogP contribution is 2.30. The summed E-state index contributed by atoms with van der Waals surface area (Å²) in [6.45, 7) is 2.96. The first-order valence-electron chi connectivity index (χ1n) is 11.0. The van der Waals surface area contributed by atoms with Gasteiger partial charge in [0.05, 0.1) is 12.1 Å². The van der Waals surface area contributed by atoms with Gasteiger partial charge in [0.1, 0.15) is 9.96 Å². The van der Waals surface area contributed by atoms with E-state index in [1.807, 2.05) is 0 Å². The number of ether oxygens (including phenoxy) is 1. The summed E-state index contributed by atoms with van der Waals surface area (Å²) in [7, 11) is -1.94. The number of anilines is 1. The standard InChI is InChI=1S/C22H28N4O5S2/c1-31-18-7-4-6-17(16-18)21(27)24-10-5-11-25(15-14-24)22(28)23-19-8-9-20(32-19)33(29,30)26-12-2-3-13-26/h4,6-9,16H,2-3,5,10-15H2,1H3,(H,23,28). The molecule has 2 aliphatic heterocycles. The number of sulfonamides is 1. The predicted molar refractivity (Wildman–Crippen MR) is 126 cm³/mol. The molecule has 0 aliphatic carbocycles. The number of amides is 3. The third-order valence-electron chi connectivity index (χ3n) is 5.86. The van der Waals surface area contributed by atoms with Gasteiger partial charge in [-0.2, -0.15) is 4.31 Å². The van der Waals surface area contributed by atoms with Crippen LogP contribution in [0, 0.1) is 0 Å². The Hall–Kier alpha value is -2.63. The van der Waals surface area contributed by atoms with Crippen LogP contribution in [-0.2, 0) is 10.0 Å². The van der Waals surface area contributed by atoms with Crippen molar-refractivity contribution < 1.29 is 22.7 Å². The van der Waals surface area contributed by atoms with Gasteiger partial charge in [-0.15, -0.1) is 11.3 Å². The molecule has 9 nitrogen and oxygen atoms in total. The van der Waals surface area contributed by atoms with E-state index in [9.17, 15) is 18.0 Å². The van der Waals surface area contributed by atoms with Crippen molar-refractivity contribution in [2.24, 2.45) is 0 Å². The second-order valence-corrected chi connectivity index (χ2v) is 11.3. The summed E-state index contributed by atoms with van der Waals surface area (Å²) in [6.07, 6.45) is 2.41. The summed E-state index contributed by atoms with van der Waals surface area (Å²) in [6, 6.07) is 9.91. The lowest BCUT2D eigenvalue weighted by atomic mass is 10.2. The molecule has 2 fully saturated rings. The van der Waals surface area contributed by atoms with Gasteiger partial charge >= 0.3 is 6.03 Å². The number of thiophene rings is 1. The fraction of sp³-hybridized carbons (Fsp3) is 0.455. The van der Waals surface area contributed by atoms with Crippen molar-refractivity contribution >= 4 is 38.3 Å². The molecule has 0 spiro atoms. The van der Waals surface area contributed by atoms with E-state index in [1.165, 1.54) is 4.31 Å². The van der Waals surface area contributed by atoms with Crippen molar-refractivity contribution in [3.05, 3.63) is 42.0 Å². The maximum absolute atomic E-state index is 12.9. The van der Waals surface area contributed by atoms with Crippen LogP contribution in [0.4, 0.5) is 9.80 Å². The van der Waals surface area contributed by atoms with Crippen LogP contribution in [0.25, 0.3) is 0 Å². The van der Waals surface area contributed by atoms with Crippen molar-refractivity contribution in [3.63, 3.8) is 0 Å². The third-order valence-corrected chi connectivity index (χ3v) is 9.22. The molecular weight excluding hydrogens is 464 g/mol. The highest BCUT2D eigenvalue weighted by molar-refractivity contribution is 7.91. The predicted octanol–water partition coefficient (Wildman–Crippen LogP) is 2.92. The quantitative estimate of drug-likeness (QED) is 0.692. The number of nitrogens with one attached hydrogen (secondary N) is 1. The molecule has 2 aliphatic rings. The highest BCUT2D eigenvalue weighted by Gasteiger charge is 2.29. The Kier molecular flexibility index (Phi) is 7.20. The average molecular weight is 493 g/mol. The highest BCUT2D eigenvalue weighted by atomic mass is 32.2. The maximum atomic E-state index is 12.9. The van der Waals surface area contributed by atoms with Gasteiger partial charge in [-0.25, -0.2) is 13.2 Å². The molecule has 33 heavy (non-hydrogen) atoms. The number of rotatable bonds is 5. The number of carbonyl (C=O) groups excluding carboxylic acids is 2. The van der Waals surface area contributed by atoms with Gasteiger partial charge in [-0.05, 0) is 49.6 Å². The van der Waals surface area contributed by atoms with Crippen LogP contribution in [0.2, 0.25) is 0 Å². The first kappa shape index (κ1) is 23.5. The monoisotopic (exact) mass is 492 g/mol. The molecule has 0 atom stereocenters. The van der Waals surface area contributed by atoms with Gasteiger partial charge in [-0.3, -0.25) is 10.1 Å². The van der Waals surface area contributed by atoms with Crippen molar-refractivity contribution in [3.8, 4) is 5.75 Å². The van der Waals surface area contributed by atoms with Crippen LogP contribution in [-0.4, -0.2) is 80.8 Å². The van der Waals surface area contributed by atoms with Crippen LogP contribution in [0.3, 0.4) is 0 Å². The Labute approximate surface area is 198 Å². The van der Waals surface area contributed by atoms with E-state index >= 15 is 0 Å². The molecule has 3 heterocycles. The van der Waals surface area contributed by atoms with E-state index in [2.05, 4.69) is 5.32 Å². The van der Waals surface area contributed by atoms with E-state index in [0.717, 1.165) is 24.2 Å². The zero-order chi connectivity index (χ0) is 23.4. The molecule has 0 radical (unpaired) electrons. The van der Waals surface area contributed by atoms with E-state index in [1.54, 1.807) is 53.3 Å². The van der Waals surface area contributed by atoms with Crippen molar-refractivity contribution in [1.29, 1.82) is 0 Å².